The third-order valence-corrected chi connectivity index (χ3v) is 4.25. The zero-order chi connectivity index (χ0) is 15.4. The number of benzene rings is 1. The van der Waals surface area contributed by atoms with Crippen LogP contribution in [0, 0.1) is 17.0 Å². The van der Waals surface area contributed by atoms with Crippen molar-refractivity contribution in [3.63, 3.8) is 0 Å². The molecule has 0 bridgehead atoms. The van der Waals surface area contributed by atoms with Crippen LogP contribution in [0.3, 0.4) is 0 Å². The van der Waals surface area contributed by atoms with Gasteiger partial charge in [0.25, 0.3) is 11.6 Å². The average Bonchev–Trinajstić information content (AvgIpc) is 2.91. The Morgan fingerprint density at radius 1 is 1.52 bits per heavy atom. The average molecular weight is 292 g/mol. The predicted molar refractivity (Wildman–Crippen MR) is 79.6 cm³/mol. The summed E-state index contributed by atoms with van der Waals surface area (Å²) in [5, 5.41) is 13.7. The van der Waals surface area contributed by atoms with Crippen LogP contribution in [0.15, 0.2) is 18.2 Å². The van der Waals surface area contributed by atoms with Gasteiger partial charge in [0.15, 0.2) is 0 Å². The Morgan fingerprint density at radius 2 is 2.29 bits per heavy atom. The van der Waals surface area contributed by atoms with Gasteiger partial charge in [-0.05, 0) is 26.0 Å². The van der Waals surface area contributed by atoms with Crippen LogP contribution in [-0.4, -0.2) is 36.5 Å². The molecule has 2 N–H and O–H groups in total. The minimum Gasteiger partial charge on any atom is -0.346 e. The number of nitrogens with one attached hydrogen (secondary N) is 2. The number of hydrogen-bond donors (Lipinski definition) is 2. The molecule has 1 fully saturated rings. The van der Waals surface area contributed by atoms with Crippen molar-refractivity contribution in [2.45, 2.75) is 32.7 Å². The SMILES string of the molecule is CC[NH+]1CCC[C@@H]1CNC(=O)c1ccc([N+](=O)[O-])c(C)c1. The van der Waals surface area contributed by atoms with Crippen LogP contribution in [0.1, 0.15) is 35.7 Å². The highest BCUT2D eigenvalue weighted by Crippen LogP contribution is 2.18. The molecular weight excluding hydrogens is 270 g/mol. The van der Waals surface area contributed by atoms with Gasteiger partial charge in [-0.1, -0.05) is 0 Å². The van der Waals surface area contributed by atoms with Crippen molar-refractivity contribution in [2.24, 2.45) is 0 Å². The van der Waals surface area contributed by atoms with Gasteiger partial charge in [-0.15, -0.1) is 0 Å². The molecule has 0 aromatic heterocycles. The van der Waals surface area contributed by atoms with Gasteiger partial charge in [0.2, 0.25) is 0 Å². The Labute approximate surface area is 124 Å². The highest BCUT2D eigenvalue weighted by Gasteiger charge is 2.27. The minimum atomic E-state index is -0.433. The second-order valence-corrected chi connectivity index (χ2v) is 5.57. The summed E-state index contributed by atoms with van der Waals surface area (Å²) in [5.41, 5.74) is 1.03. The molecule has 0 aliphatic carbocycles. The van der Waals surface area contributed by atoms with Crippen LogP contribution in [0.2, 0.25) is 0 Å². The van der Waals surface area contributed by atoms with Gasteiger partial charge in [0.1, 0.15) is 6.04 Å². The summed E-state index contributed by atoms with van der Waals surface area (Å²) in [7, 11) is 0. The fourth-order valence-electron chi connectivity index (χ4n) is 3.02. The second kappa shape index (κ2) is 6.67. The van der Waals surface area contributed by atoms with E-state index in [9.17, 15) is 14.9 Å². The van der Waals surface area contributed by atoms with Gasteiger partial charge in [-0.25, -0.2) is 0 Å². The Morgan fingerprint density at radius 3 is 2.90 bits per heavy atom. The lowest BCUT2D eigenvalue weighted by Crippen LogP contribution is -3.14. The zero-order valence-corrected chi connectivity index (χ0v) is 12.5. The van der Waals surface area contributed by atoms with Crippen LogP contribution in [0.4, 0.5) is 5.69 Å². The van der Waals surface area contributed by atoms with E-state index in [4.69, 9.17) is 0 Å². The molecule has 1 aromatic carbocycles. The number of likely N-dealkylation sites (N-methyl/N-ethyl adjacent to an activating group) is 1. The fourth-order valence-corrected chi connectivity index (χ4v) is 3.02. The fraction of sp³-hybridized carbons (Fsp3) is 0.533. The van der Waals surface area contributed by atoms with E-state index in [2.05, 4.69) is 12.2 Å². The number of quaternary nitrogens is 1. The molecule has 1 aliphatic heterocycles. The largest absolute Gasteiger partial charge is 0.346 e. The summed E-state index contributed by atoms with van der Waals surface area (Å²) >= 11 is 0. The van der Waals surface area contributed by atoms with Crippen LogP contribution < -0.4 is 10.2 Å². The van der Waals surface area contributed by atoms with Crippen molar-refractivity contribution in [3.05, 3.63) is 39.4 Å². The molecule has 1 unspecified atom stereocenters. The number of hydrogen-bond acceptors (Lipinski definition) is 3. The molecule has 1 aliphatic rings. The molecule has 21 heavy (non-hydrogen) atoms. The molecule has 1 aromatic rings. The number of rotatable bonds is 5. The number of nitro benzene ring substituents is 1. The Hall–Kier alpha value is -1.95. The summed E-state index contributed by atoms with van der Waals surface area (Å²) in [6.07, 6.45) is 2.35. The molecule has 1 heterocycles. The molecule has 0 radical (unpaired) electrons. The lowest BCUT2D eigenvalue weighted by molar-refractivity contribution is -0.909. The summed E-state index contributed by atoms with van der Waals surface area (Å²) < 4.78 is 0. The van der Waals surface area contributed by atoms with Crippen molar-refractivity contribution in [2.75, 3.05) is 19.6 Å². The van der Waals surface area contributed by atoms with Crippen LogP contribution in [-0.2, 0) is 0 Å². The van der Waals surface area contributed by atoms with Crippen LogP contribution >= 0.6 is 0 Å². The maximum atomic E-state index is 12.1. The molecule has 6 nitrogen and oxygen atoms in total. The number of aryl methyl sites for hydroxylation is 1. The predicted octanol–water partition coefficient (Wildman–Crippen LogP) is 0.700. The summed E-state index contributed by atoms with van der Waals surface area (Å²) in [6, 6.07) is 4.97. The molecular formula is C15H22N3O3+. The van der Waals surface area contributed by atoms with E-state index in [1.54, 1.807) is 13.0 Å². The van der Waals surface area contributed by atoms with E-state index < -0.39 is 4.92 Å². The molecule has 114 valence electrons. The van der Waals surface area contributed by atoms with Gasteiger partial charge in [-0.2, -0.15) is 0 Å². The van der Waals surface area contributed by atoms with Crippen LogP contribution in [0.5, 0.6) is 0 Å². The first-order valence-corrected chi connectivity index (χ1v) is 7.40. The first-order chi connectivity index (χ1) is 10.0. The lowest BCUT2D eigenvalue weighted by Gasteiger charge is -2.20. The monoisotopic (exact) mass is 292 g/mol. The van der Waals surface area contributed by atoms with Crippen molar-refractivity contribution >= 4 is 11.6 Å². The minimum absolute atomic E-state index is 0.0453. The first-order valence-electron chi connectivity index (χ1n) is 7.40. The maximum absolute atomic E-state index is 12.1. The molecule has 0 saturated carbocycles. The van der Waals surface area contributed by atoms with E-state index in [1.165, 1.54) is 30.0 Å². The van der Waals surface area contributed by atoms with E-state index in [0.717, 1.165) is 13.0 Å². The number of nitrogens with zero attached hydrogens (tertiary/aromatic N) is 1. The topological polar surface area (TPSA) is 76.7 Å². The molecule has 2 atom stereocenters. The van der Waals surface area contributed by atoms with Crippen LogP contribution in [0.25, 0.3) is 0 Å². The highest BCUT2D eigenvalue weighted by molar-refractivity contribution is 5.94. The van der Waals surface area contributed by atoms with Gasteiger partial charge < -0.3 is 10.2 Å². The number of nitro groups is 1. The van der Waals surface area contributed by atoms with Crippen molar-refractivity contribution < 1.29 is 14.6 Å². The summed E-state index contributed by atoms with van der Waals surface area (Å²) in [5.74, 6) is -0.157. The molecule has 0 spiro atoms. The van der Waals surface area contributed by atoms with Gasteiger partial charge in [0, 0.05) is 30.0 Å². The normalized spacial score (nSPS) is 21.2. The third-order valence-electron chi connectivity index (χ3n) is 4.25. The Balaban J connectivity index is 1.97. The lowest BCUT2D eigenvalue weighted by atomic mass is 10.1. The molecule has 2 rings (SSSR count). The zero-order valence-electron chi connectivity index (χ0n) is 12.5. The number of carbonyl (C=O) groups is 1. The van der Waals surface area contributed by atoms with Gasteiger partial charge in [0.05, 0.1) is 24.6 Å². The van der Waals surface area contributed by atoms with E-state index in [0.29, 0.717) is 23.7 Å². The second-order valence-electron chi connectivity index (χ2n) is 5.57. The summed E-state index contributed by atoms with van der Waals surface area (Å²) in [6.45, 7) is 6.73. The maximum Gasteiger partial charge on any atom is 0.272 e. The molecule has 1 amide bonds. The summed E-state index contributed by atoms with van der Waals surface area (Å²) in [4.78, 5) is 24.0. The van der Waals surface area contributed by atoms with Gasteiger partial charge in [-0.3, -0.25) is 14.9 Å². The van der Waals surface area contributed by atoms with Crippen molar-refractivity contribution in [1.29, 1.82) is 0 Å². The Bertz CT molecular complexity index is 545. The van der Waals surface area contributed by atoms with Crippen molar-refractivity contribution in [1.82, 2.24) is 5.32 Å². The Kier molecular flexibility index (Phi) is 4.90. The third kappa shape index (κ3) is 3.58. The molecule has 1 saturated heterocycles. The van der Waals surface area contributed by atoms with E-state index >= 15 is 0 Å². The highest BCUT2D eigenvalue weighted by atomic mass is 16.6. The molecule has 6 heteroatoms. The first kappa shape index (κ1) is 15.4. The van der Waals surface area contributed by atoms with E-state index in [-0.39, 0.29) is 11.6 Å². The quantitative estimate of drug-likeness (QED) is 0.619. The number of amides is 1. The number of likely N-dealkylation sites (tertiary alicyclic amines) is 1. The standard InChI is InChI=1S/C15H21N3O3/c1-3-17-8-4-5-13(17)10-16-15(19)12-6-7-14(18(20)21)11(2)9-12/h6-7,9,13H,3-5,8,10H2,1-2H3,(H,16,19)/p+1/t13-/m1/s1. The van der Waals surface area contributed by atoms with Gasteiger partial charge >= 0.3 is 0 Å². The van der Waals surface area contributed by atoms with Crippen molar-refractivity contribution in [3.8, 4) is 0 Å². The number of carbonyl (C=O) groups excluding carboxylic acids is 1. The smallest absolute Gasteiger partial charge is 0.272 e. The van der Waals surface area contributed by atoms with E-state index in [1.807, 2.05) is 0 Å².